The highest BCUT2D eigenvalue weighted by Gasteiger charge is 2.50. The second kappa shape index (κ2) is 6.68. The summed E-state index contributed by atoms with van der Waals surface area (Å²) in [6.07, 6.45) is 7.30. The molecule has 1 amide bonds. The predicted octanol–water partition coefficient (Wildman–Crippen LogP) is 0.985. The molecule has 0 bridgehead atoms. The van der Waals surface area contributed by atoms with E-state index in [-0.39, 0.29) is 23.5 Å². The van der Waals surface area contributed by atoms with Crippen LogP contribution in [0.2, 0.25) is 0 Å². The molecule has 25 heavy (non-hydrogen) atoms. The van der Waals surface area contributed by atoms with Gasteiger partial charge in [0.1, 0.15) is 0 Å². The summed E-state index contributed by atoms with van der Waals surface area (Å²) in [6.45, 7) is 1.88. The van der Waals surface area contributed by atoms with Crippen molar-refractivity contribution in [3.8, 4) is 0 Å². The van der Waals surface area contributed by atoms with E-state index in [2.05, 4.69) is 15.2 Å². The third-order valence-electron chi connectivity index (χ3n) is 5.99. The SMILES string of the molecule is O=C(NC1CCC1)[C@@H]1CCS(=O)(=O)[C@H]2CN(Cc3cccnc3)C[C@@H]12. The van der Waals surface area contributed by atoms with E-state index in [1.54, 1.807) is 6.20 Å². The lowest BCUT2D eigenvalue weighted by Crippen LogP contribution is -2.50. The zero-order valence-electron chi connectivity index (χ0n) is 14.3. The normalized spacial score (nSPS) is 31.9. The van der Waals surface area contributed by atoms with Crippen molar-refractivity contribution in [1.29, 1.82) is 0 Å². The van der Waals surface area contributed by atoms with Crippen LogP contribution in [0.4, 0.5) is 0 Å². The lowest BCUT2D eigenvalue weighted by molar-refractivity contribution is -0.128. The van der Waals surface area contributed by atoms with Crippen LogP contribution in [0.1, 0.15) is 31.2 Å². The summed E-state index contributed by atoms with van der Waals surface area (Å²) in [6, 6.07) is 4.20. The molecule has 1 aromatic rings. The first-order valence-electron chi connectivity index (χ1n) is 9.16. The van der Waals surface area contributed by atoms with Crippen LogP contribution in [0.3, 0.4) is 0 Å². The summed E-state index contributed by atoms with van der Waals surface area (Å²) in [7, 11) is -3.11. The molecule has 4 rings (SSSR count). The van der Waals surface area contributed by atoms with Crippen molar-refractivity contribution in [2.75, 3.05) is 18.8 Å². The fourth-order valence-electron chi connectivity index (χ4n) is 4.37. The van der Waals surface area contributed by atoms with Gasteiger partial charge in [-0.15, -0.1) is 0 Å². The quantitative estimate of drug-likeness (QED) is 0.863. The Morgan fingerprint density at radius 1 is 1.28 bits per heavy atom. The molecular weight excluding hydrogens is 338 g/mol. The number of hydrogen-bond donors (Lipinski definition) is 1. The standard InChI is InChI=1S/C18H25N3O3S/c22-18(20-14-4-1-5-14)15-6-8-25(23,24)17-12-21(11-16(15)17)10-13-3-2-7-19-9-13/h2-3,7,9,14-17H,1,4-6,8,10-12H2,(H,20,22)/t15-,16+,17+/m1/s1. The van der Waals surface area contributed by atoms with Crippen molar-refractivity contribution in [1.82, 2.24) is 15.2 Å². The highest BCUT2D eigenvalue weighted by Crippen LogP contribution is 2.37. The molecule has 0 unspecified atom stereocenters. The van der Waals surface area contributed by atoms with Crippen molar-refractivity contribution >= 4 is 15.7 Å². The third kappa shape index (κ3) is 3.44. The molecular formula is C18H25N3O3S. The van der Waals surface area contributed by atoms with Gasteiger partial charge >= 0.3 is 0 Å². The third-order valence-corrected chi connectivity index (χ3v) is 8.22. The van der Waals surface area contributed by atoms with E-state index >= 15 is 0 Å². The molecule has 1 N–H and O–H groups in total. The van der Waals surface area contributed by atoms with Gasteiger partial charge in [-0.3, -0.25) is 14.7 Å². The second-order valence-electron chi connectivity index (χ2n) is 7.66. The van der Waals surface area contributed by atoms with Gasteiger partial charge in [-0.2, -0.15) is 0 Å². The molecule has 0 radical (unpaired) electrons. The van der Waals surface area contributed by atoms with Gasteiger partial charge in [0.25, 0.3) is 0 Å². The van der Waals surface area contributed by atoms with Crippen molar-refractivity contribution in [3.63, 3.8) is 0 Å². The predicted molar refractivity (Wildman–Crippen MR) is 94.5 cm³/mol. The summed E-state index contributed by atoms with van der Waals surface area (Å²) >= 11 is 0. The molecule has 1 aliphatic carbocycles. The first-order valence-corrected chi connectivity index (χ1v) is 10.9. The van der Waals surface area contributed by atoms with Gasteiger partial charge in [-0.25, -0.2) is 8.42 Å². The Morgan fingerprint density at radius 3 is 2.80 bits per heavy atom. The van der Waals surface area contributed by atoms with Gasteiger partial charge in [0, 0.05) is 49.9 Å². The largest absolute Gasteiger partial charge is 0.353 e. The average molecular weight is 363 g/mol. The lowest BCUT2D eigenvalue weighted by Gasteiger charge is -2.34. The Kier molecular flexibility index (Phi) is 4.54. The summed E-state index contributed by atoms with van der Waals surface area (Å²) in [4.78, 5) is 19.0. The van der Waals surface area contributed by atoms with Crippen LogP contribution >= 0.6 is 0 Å². The number of rotatable bonds is 4. The van der Waals surface area contributed by atoms with Crippen LogP contribution in [0, 0.1) is 11.8 Å². The van der Waals surface area contributed by atoms with E-state index in [0.717, 1.165) is 18.4 Å². The van der Waals surface area contributed by atoms with Crippen LogP contribution in [-0.4, -0.2) is 54.3 Å². The Balaban J connectivity index is 1.48. The van der Waals surface area contributed by atoms with Gasteiger partial charge < -0.3 is 5.32 Å². The van der Waals surface area contributed by atoms with Crippen molar-refractivity contribution in [3.05, 3.63) is 30.1 Å². The Labute approximate surface area is 148 Å². The number of carbonyl (C=O) groups excluding carboxylic acids is 1. The van der Waals surface area contributed by atoms with Crippen LogP contribution in [0.15, 0.2) is 24.5 Å². The number of likely N-dealkylation sites (tertiary alicyclic amines) is 1. The average Bonchev–Trinajstić information content (AvgIpc) is 2.97. The molecule has 0 spiro atoms. The number of nitrogens with one attached hydrogen (secondary N) is 1. The molecule has 3 aliphatic rings. The minimum atomic E-state index is -3.11. The Hall–Kier alpha value is -1.47. The number of pyridine rings is 1. The maximum Gasteiger partial charge on any atom is 0.223 e. The van der Waals surface area contributed by atoms with E-state index < -0.39 is 15.1 Å². The van der Waals surface area contributed by atoms with E-state index in [4.69, 9.17) is 0 Å². The van der Waals surface area contributed by atoms with Crippen LogP contribution in [0.25, 0.3) is 0 Å². The maximum absolute atomic E-state index is 12.7. The summed E-state index contributed by atoms with van der Waals surface area (Å²) in [5.74, 6) is -0.0566. The molecule has 1 aromatic heterocycles. The topological polar surface area (TPSA) is 79.4 Å². The highest BCUT2D eigenvalue weighted by atomic mass is 32.2. The van der Waals surface area contributed by atoms with Crippen molar-refractivity contribution in [2.45, 2.75) is 43.5 Å². The number of amides is 1. The van der Waals surface area contributed by atoms with Gasteiger partial charge in [0.05, 0.1) is 11.0 Å². The van der Waals surface area contributed by atoms with Gasteiger partial charge in [0.15, 0.2) is 9.84 Å². The number of fused-ring (bicyclic) bond motifs is 1. The smallest absolute Gasteiger partial charge is 0.223 e. The van der Waals surface area contributed by atoms with E-state index in [0.29, 0.717) is 32.1 Å². The monoisotopic (exact) mass is 363 g/mol. The van der Waals surface area contributed by atoms with Gasteiger partial charge in [-0.1, -0.05) is 6.07 Å². The lowest BCUT2D eigenvalue weighted by atomic mass is 9.86. The first kappa shape index (κ1) is 17.0. The van der Waals surface area contributed by atoms with Gasteiger partial charge in [-0.05, 0) is 37.3 Å². The van der Waals surface area contributed by atoms with Crippen LogP contribution < -0.4 is 5.32 Å². The maximum atomic E-state index is 12.7. The number of aromatic nitrogens is 1. The van der Waals surface area contributed by atoms with Crippen LogP contribution in [-0.2, 0) is 21.2 Å². The number of hydrogen-bond acceptors (Lipinski definition) is 5. The minimum absolute atomic E-state index is 0.0674. The molecule has 1 saturated carbocycles. The number of sulfone groups is 1. The summed E-state index contributed by atoms with van der Waals surface area (Å²) < 4.78 is 25.1. The molecule has 3 heterocycles. The molecule has 7 heteroatoms. The highest BCUT2D eigenvalue weighted by molar-refractivity contribution is 7.92. The van der Waals surface area contributed by atoms with E-state index in [1.807, 2.05) is 18.3 Å². The molecule has 3 atom stereocenters. The molecule has 6 nitrogen and oxygen atoms in total. The number of carbonyl (C=O) groups is 1. The fourth-order valence-corrected chi connectivity index (χ4v) is 6.50. The number of nitrogens with zero attached hydrogens (tertiary/aromatic N) is 2. The fraction of sp³-hybridized carbons (Fsp3) is 0.667. The van der Waals surface area contributed by atoms with Crippen molar-refractivity contribution in [2.24, 2.45) is 11.8 Å². The Bertz CT molecular complexity index is 733. The van der Waals surface area contributed by atoms with Gasteiger partial charge in [0.2, 0.25) is 5.91 Å². The zero-order chi connectivity index (χ0) is 17.4. The first-order chi connectivity index (χ1) is 12.0. The summed E-state index contributed by atoms with van der Waals surface area (Å²) in [5.41, 5.74) is 1.08. The molecule has 0 aromatic carbocycles. The Morgan fingerprint density at radius 2 is 2.12 bits per heavy atom. The zero-order valence-corrected chi connectivity index (χ0v) is 15.1. The van der Waals surface area contributed by atoms with Crippen LogP contribution in [0.5, 0.6) is 0 Å². The second-order valence-corrected chi connectivity index (χ2v) is 10.00. The molecule has 2 aliphatic heterocycles. The van der Waals surface area contributed by atoms with Crippen molar-refractivity contribution < 1.29 is 13.2 Å². The summed E-state index contributed by atoms with van der Waals surface area (Å²) in [5, 5.41) is 2.72. The molecule has 136 valence electrons. The minimum Gasteiger partial charge on any atom is -0.353 e. The van der Waals surface area contributed by atoms with E-state index in [1.165, 1.54) is 6.42 Å². The molecule has 3 fully saturated rings. The molecule has 2 saturated heterocycles. The van der Waals surface area contributed by atoms with E-state index in [9.17, 15) is 13.2 Å².